The molecule has 1 N–H and O–H groups in total. The van der Waals surface area contributed by atoms with Crippen LogP contribution in [0.3, 0.4) is 0 Å². The average Bonchev–Trinajstić information content (AvgIpc) is 2.69. The van der Waals surface area contributed by atoms with E-state index in [1.807, 2.05) is 12.1 Å². The van der Waals surface area contributed by atoms with Crippen molar-refractivity contribution in [1.82, 2.24) is 10.2 Å². The summed E-state index contributed by atoms with van der Waals surface area (Å²) in [6.07, 6.45) is 5.07. The molecule has 0 bridgehead atoms. The highest BCUT2D eigenvalue weighted by molar-refractivity contribution is 5.33. The smallest absolute Gasteiger partial charge is 0.0991 e. The maximum atomic E-state index is 8.96. The molecular formula is C18H27N3. The molecule has 1 fully saturated rings. The van der Waals surface area contributed by atoms with E-state index in [1.54, 1.807) is 0 Å². The molecule has 3 nitrogen and oxygen atoms in total. The van der Waals surface area contributed by atoms with Gasteiger partial charge in [-0.05, 0) is 69.6 Å². The van der Waals surface area contributed by atoms with Crippen molar-refractivity contribution in [3.05, 3.63) is 35.4 Å². The number of nitrogens with one attached hydrogen (secondary N) is 1. The first kappa shape index (κ1) is 16.0. The summed E-state index contributed by atoms with van der Waals surface area (Å²) in [5.74, 6) is 0.650. The molecule has 114 valence electrons. The second-order valence-electron chi connectivity index (χ2n) is 6.12. The minimum Gasteiger partial charge on any atom is -0.316 e. The van der Waals surface area contributed by atoms with Gasteiger partial charge in [0.25, 0.3) is 0 Å². The van der Waals surface area contributed by atoms with Crippen molar-refractivity contribution in [1.29, 1.82) is 5.26 Å². The van der Waals surface area contributed by atoms with E-state index >= 15 is 0 Å². The largest absolute Gasteiger partial charge is 0.316 e. The fraction of sp³-hybridized carbons (Fsp3) is 0.611. The Morgan fingerprint density at radius 3 is 2.71 bits per heavy atom. The van der Waals surface area contributed by atoms with E-state index in [-0.39, 0.29) is 0 Å². The Bertz CT molecular complexity index is 460. The molecule has 1 aliphatic heterocycles. The molecule has 2 rings (SSSR count). The molecule has 21 heavy (non-hydrogen) atoms. The first-order valence-corrected chi connectivity index (χ1v) is 8.17. The summed E-state index contributed by atoms with van der Waals surface area (Å²) in [7, 11) is 2.24. The topological polar surface area (TPSA) is 39.1 Å². The predicted octanol–water partition coefficient (Wildman–Crippen LogP) is 3.33. The maximum absolute atomic E-state index is 8.96. The second kappa shape index (κ2) is 8.17. The summed E-state index contributed by atoms with van der Waals surface area (Å²) >= 11 is 0. The number of nitrogens with zero attached hydrogens (tertiary/aromatic N) is 2. The Morgan fingerprint density at radius 2 is 2.05 bits per heavy atom. The molecule has 1 heterocycles. The molecule has 2 atom stereocenters. The number of hydrogen-bond donors (Lipinski definition) is 1. The van der Waals surface area contributed by atoms with Crippen molar-refractivity contribution in [2.24, 2.45) is 5.92 Å². The number of rotatable bonds is 5. The zero-order chi connectivity index (χ0) is 15.1. The molecule has 3 heteroatoms. The van der Waals surface area contributed by atoms with Gasteiger partial charge in [-0.2, -0.15) is 5.26 Å². The summed E-state index contributed by atoms with van der Waals surface area (Å²) in [6, 6.07) is 10.8. The van der Waals surface area contributed by atoms with Crippen LogP contribution in [0.1, 0.15) is 49.8 Å². The van der Waals surface area contributed by atoms with Crippen LogP contribution in [0, 0.1) is 17.2 Å². The first-order chi connectivity index (χ1) is 10.3. The van der Waals surface area contributed by atoms with E-state index in [2.05, 4.69) is 42.4 Å². The quantitative estimate of drug-likeness (QED) is 0.843. The molecule has 0 saturated carbocycles. The maximum Gasteiger partial charge on any atom is 0.0991 e. The number of hydrogen-bond acceptors (Lipinski definition) is 3. The Kier molecular flexibility index (Phi) is 6.22. The van der Waals surface area contributed by atoms with Crippen LogP contribution in [0.15, 0.2) is 24.3 Å². The van der Waals surface area contributed by atoms with E-state index < -0.39 is 0 Å². The van der Waals surface area contributed by atoms with Gasteiger partial charge in [0, 0.05) is 6.04 Å². The van der Waals surface area contributed by atoms with Gasteiger partial charge in [-0.15, -0.1) is 0 Å². The lowest BCUT2D eigenvalue weighted by molar-refractivity contribution is 0.189. The van der Waals surface area contributed by atoms with E-state index in [4.69, 9.17) is 5.26 Å². The highest BCUT2D eigenvalue weighted by Crippen LogP contribution is 2.33. The highest BCUT2D eigenvalue weighted by Gasteiger charge is 2.28. The van der Waals surface area contributed by atoms with Crippen LogP contribution in [0.5, 0.6) is 0 Å². The van der Waals surface area contributed by atoms with Gasteiger partial charge >= 0.3 is 0 Å². The van der Waals surface area contributed by atoms with Gasteiger partial charge in [0.15, 0.2) is 0 Å². The second-order valence-corrected chi connectivity index (χ2v) is 6.12. The molecule has 2 unspecified atom stereocenters. The van der Waals surface area contributed by atoms with Crippen LogP contribution >= 0.6 is 0 Å². The van der Waals surface area contributed by atoms with Crippen LogP contribution in [-0.2, 0) is 0 Å². The number of likely N-dealkylation sites (tertiary alicyclic amines) is 1. The van der Waals surface area contributed by atoms with E-state index in [0.717, 1.165) is 25.2 Å². The van der Waals surface area contributed by atoms with Crippen molar-refractivity contribution in [2.75, 3.05) is 26.7 Å². The fourth-order valence-electron chi connectivity index (χ4n) is 3.38. The van der Waals surface area contributed by atoms with Gasteiger partial charge < -0.3 is 5.32 Å². The van der Waals surface area contributed by atoms with Crippen LogP contribution < -0.4 is 5.32 Å². The summed E-state index contributed by atoms with van der Waals surface area (Å²) < 4.78 is 0. The lowest BCUT2D eigenvalue weighted by Crippen LogP contribution is -2.35. The molecule has 1 aromatic carbocycles. The van der Waals surface area contributed by atoms with E-state index in [0.29, 0.717) is 12.0 Å². The Labute approximate surface area is 129 Å². The van der Waals surface area contributed by atoms with Crippen molar-refractivity contribution in [3.63, 3.8) is 0 Å². The molecule has 0 aromatic heterocycles. The van der Waals surface area contributed by atoms with Gasteiger partial charge in [-0.3, -0.25) is 4.90 Å². The summed E-state index contributed by atoms with van der Waals surface area (Å²) in [6.45, 7) is 5.56. The zero-order valence-corrected chi connectivity index (χ0v) is 13.3. The normalized spacial score (nSPS) is 23.5. The minimum absolute atomic E-state index is 0.463. The lowest BCUT2D eigenvalue weighted by Gasteiger charge is -2.33. The molecular weight excluding hydrogens is 258 g/mol. The molecule has 0 spiro atoms. The zero-order valence-electron chi connectivity index (χ0n) is 13.3. The van der Waals surface area contributed by atoms with Crippen LogP contribution in [0.25, 0.3) is 0 Å². The highest BCUT2D eigenvalue weighted by atomic mass is 15.1. The van der Waals surface area contributed by atoms with E-state index in [9.17, 15) is 0 Å². The van der Waals surface area contributed by atoms with Gasteiger partial charge in [-0.1, -0.05) is 25.5 Å². The van der Waals surface area contributed by atoms with E-state index in [1.165, 1.54) is 31.2 Å². The van der Waals surface area contributed by atoms with Gasteiger partial charge in [0.05, 0.1) is 11.6 Å². The number of nitriles is 1. The van der Waals surface area contributed by atoms with Crippen molar-refractivity contribution in [2.45, 2.75) is 38.6 Å². The average molecular weight is 285 g/mol. The van der Waals surface area contributed by atoms with Gasteiger partial charge in [0.1, 0.15) is 0 Å². The predicted molar refractivity (Wildman–Crippen MR) is 87.0 cm³/mol. The Morgan fingerprint density at radius 1 is 1.29 bits per heavy atom. The molecule has 0 amide bonds. The third-order valence-corrected chi connectivity index (χ3v) is 4.47. The van der Waals surface area contributed by atoms with Gasteiger partial charge in [-0.25, -0.2) is 0 Å². The van der Waals surface area contributed by atoms with Gasteiger partial charge in [0.2, 0.25) is 0 Å². The fourth-order valence-corrected chi connectivity index (χ4v) is 3.38. The number of benzene rings is 1. The molecule has 1 aliphatic rings. The van der Waals surface area contributed by atoms with Crippen molar-refractivity contribution < 1.29 is 0 Å². The SMILES string of the molecule is CCCNCC1CCCCN(C)C1c1ccc(C#N)cc1. The van der Waals surface area contributed by atoms with Crippen LogP contribution in [-0.4, -0.2) is 31.6 Å². The lowest BCUT2D eigenvalue weighted by atomic mass is 9.89. The standard InChI is InChI=1S/C18H27N3/c1-3-11-20-14-17-6-4-5-12-21(2)18(17)16-9-7-15(13-19)8-10-16/h7-10,17-18,20H,3-6,11-12,14H2,1-2H3. The molecule has 0 aliphatic carbocycles. The Hall–Kier alpha value is -1.37. The third-order valence-electron chi connectivity index (χ3n) is 4.47. The molecule has 0 radical (unpaired) electrons. The summed E-state index contributed by atoms with van der Waals surface area (Å²) in [5.41, 5.74) is 2.09. The van der Waals surface area contributed by atoms with Crippen molar-refractivity contribution >= 4 is 0 Å². The molecule has 1 saturated heterocycles. The van der Waals surface area contributed by atoms with Crippen LogP contribution in [0.4, 0.5) is 0 Å². The summed E-state index contributed by atoms with van der Waals surface area (Å²) in [4.78, 5) is 2.49. The Balaban J connectivity index is 2.16. The third kappa shape index (κ3) is 4.30. The molecule has 1 aromatic rings. The van der Waals surface area contributed by atoms with Crippen LogP contribution in [0.2, 0.25) is 0 Å². The minimum atomic E-state index is 0.463. The monoisotopic (exact) mass is 285 g/mol. The van der Waals surface area contributed by atoms with Crippen molar-refractivity contribution in [3.8, 4) is 6.07 Å². The first-order valence-electron chi connectivity index (χ1n) is 8.17. The summed E-state index contributed by atoms with van der Waals surface area (Å²) in [5, 5.41) is 12.6.